The Bertz CT molecular complexity index is 369. The van der Waals surface area contributed by atoms with Gasteiger partial charge in [0, 0.05) is 11.4 Å². The van der Waals surface area contributed by atoms with Crippen LogP contribution in [0.15, 0.2) is 18.2 Å². The summed E-state index contributed by atoms with van der Waals surface area (Å²) < 4.78 is 5.56. The predicted octanol–water partition coefficient (Wildman–Crippen LogP) is 4.04. The van der Waals surface area contributed by atoms with Gasteiger partial charge in [-0.2, -0.15) is 0 Å². The molecule has 1 heterocycles. The number of rotatable bonds is 3. The summed E-state index contributed by atoms with van der Waals surface area (Å²) in [6.07, 6.45) is 3.61. The van der Waals surface area contributed by atoms with Crippen LogP contribution in [0.3, 0.4) is 0 Å². The van der Waals surface area contributed by atoms with Crippen LogP contribution in [0.1, 0.15) is 29.5 Å². The van der Waals surface area contributed by atoms with Gasteiger partial charge in [-0.3, -0.25) is 0 Å². The molecule has 1 aromatic carbocycles. The highest BCUT2D eigenvalue weighted by Crippen LogP contribution is 2.27. The zero-order valence-electron chi connectivity index (χ0n) is 10.7. The smallest absolute Gasteiger partial charge is 0.0505 e. The first-order valence-corrected chi connectivity index (χ1v) is 7.36. The van der Waals surface area contributed by atoms with Gasteiger partial charge in [0.25, 0.3) is 0 Å². The Morgan fingerprint density at radius 1 is 1.41 bits per heavy atom. The molecule has 0 aliphatic carbocycles. The average molecular weight is 297 g/mol. The van der Waals surface area contributed by atoms with Crippen LogP contribution in [0.2, 0.25) is 0 Å². The molecule has 1 aliphatic rings. The molecular weight excluding hydrogens is 276 g/mol. The van der Waals surface area contributed by atoms with E-state index in [2.05, 4.69) is 48.0 Å². The summed E-state index contributed by atoms with van der Waals surface area (Å²) >= 11 is 3.85. The van der Waals surface area contributed by atoms with Crippen molar-refractivity contribution in [1.82, 2.24) is 0 Å². The maximum absolute atomic E-state index is 5.56. The molecule has 1 fully saturated rings. The lowest BCUT2D eigenvalue weighted by molar-refractivity contribution is 0.0547. The van der Waals surface area contributed by atoms with E-state index in [4.69, 9.17) is 4.74 Å². The molecule has 0 aromatic heterocycles. The van der Waals surface area contributed by atoms with Crippen LogP contribution in [-0.2, 0) is 11.2 Å². The van der Waals surface area contributed by atoms with E-state index in [9.17, 15) is 0 Å². The summed E-state index contributed by atoms with van der Waals surface area (Å²) in [7, 11) is 0. The zero-order valence-corrected chi connectivity index (χ0v) is 12.3. The number of alkyl halides is 1. The molecule has 1 aromatic rings. The zero-order chi connectivity index (χ0) is 12.3. The normalized spacial score (nSPS) is 22.4. The third-order valence-electron chi connectivity index (χ3n) is 3.63. The SMILES string of the molecule is Cc1ccc(C)c(CC(Br)C2CCCOC2)c1. The fraction of sp³-hybridized carbons (Fsp3) is 0.600. The molecule has 17 heavy (non-hydrogen) atoms. The molecule has 0 saturated carbocycles. The summed E-state index contributed by atoms with van der Waals surface area (Å²) in [5.74, 6) is 0.670. The molecule has 2 unspecified atom stereocenters. The van der Waals surface area contributed by atoms with Crippen molar-refractivity contribution in [2.45, 2.75) is 37.9 Å². The van der Waals surface area contributed by atoms with Crippen molar-refractivity contribution in [3.05, 3.63) is 34.9 Å². The molecule has 0 N–H and O–H groups in total. The standard InChI is InChI=1S/C15H21BrO/c1-11-5-6-12(2)14(8-11)9-15(16)13-4-3-7-17-10-13/h5-6,8,13,15H,3-4,7,9-10H2,1-2H3. The van der Waals surface area contributed by atoms with Gasteiger partial charge in [0.1, 0.15) is 0 Å². The van der Waals surface area contributed by atoms with E-state index in [0.717, 1.165) is 19.6 Å². The highest BCUT2D eigenvalue weighted by atomic mass is 79.9. The second-order valence-corrected chi connectivity index (χ2v) is 6.30. The first-order chi connectivity index (χ1) is 8.16. The van der Waals surface area contributed by atoms with Crippen LogP contribution in [0.5, 0.6) is 0 Å². The van der Waals surface area contributed by atoms with Crippen LogP contribution in [0.4, 0.5) is 0 Å². The van der Waals surface area contributed by atoms with Gasteiger partial charge in [-0.25, -0.2) is 0 Å². The molecule has 0 amide bonds. The molecular formula is C15H21BrO. The molecule has 2 heteroatoms. The molecule has 0 radical (unpaired) electrons. The number of aryl methyl sites for hydroxylation is 2. The van der Waals surface area contributed by atoms with Gasteiger partial charge in [-0.15, -0.1) is 0 Å². The van der Waals surface area contributed by atoms with Crippen LogP contribution < -0.4 is 0 Å². The van der Waals surface area contributed by atoms with Crippen molar-refractivity contribution in [3.63, 3.8) is 0 Å². The number of benzene rings is 1. The summed E-state index contributed by atoms with van der Waals surface area (Å²) in [4.78, 5) is 0.545. The highest BCUT2D eigenvalue weighted by molar-refractivity contribution is 9.09. The monoisotopic (exact) mass is 296 g/mol. The van der Waals surface area contributed by atoms with Gasteiger partial charge >= 0.3 is 0 Å². The van der Waals surface area contributed by atoms with E-state index in [1.807, 2.05) is 0 Å². The minimum absolute atomic E-state index is 0.545. The Morgan fingerprint density at radius 3 is 2.94 bits per heavy atom. The molecule has 2 rings (SSSR count). The first-order valence-electron chi connectivity index (χ1n) is 6.45. The Kier molecular flexibility index (Phi) is 4.63. The topological polar surface area (TPSA) is 9.23 Å². The predicted molar refractivity (Wildman–Crippen MR) is 75.9 cm³/mol. The van der Waals surface area contributed by atoms with Crippen molar-refractivity contribution < 1.29 is 4.74 Å². The van der Waals surface area contributed by atoms with Crippen LogP contribution in [0, 0.1) is 19.8 Å². The Balaban J connectivity index is 2.01. The fourth-order valence-corrected chi connectivity index (χ4v) is 3.21. The van der Waals surface area contributed by atoms with Gasteiger partial charge < -0.3 is 4.74 Å². The number of ether oxygens (including phenoxy) is 1. The lowest BCUT2D eigenvalue weighted by Gasteiger charge is -2.27. The third-order valence-corrected chi connectivity index (χ3v) is 4.70. The van der Waals surface area contributed by atoms with Crippen molar-refractivity contribution in [2.24, 2.45) is 5.92 Å². The Morgan fingerprint density at radius 2 is 2.24 bits per heavy atom. The minimum Gasteiger partial charge on any atom is -0.381 e. The summed E-state index contributed by atoms with van der Waals surface area (Å²) in [6, 6.07) is 6.72. The second kappa shape index (κ2) is 6.01. The Labute approximate surface area is 113 Å². The Hall–Kier alpha value is -0.340. The number of hydrogen-bond acceptors (Lipinski definition) is 1. The van der Waals surface area contributed by atoms with E-state index in [1.54, 1.807) is 0 Å². The van der Waals surface area contributed by atoms with Crippen molar-refractivity contribution in [3.8, 4) is 0 Å². The largest absolute Gasteiger partial charge is 0.381 e. The summed E-state index contributed by atoms with van der Waals surface area (Å²) in [6.45, 7) is 6.22. The van der Waals surface area contributed by atoms with Crippen LogP contribution >= 0.6 is 15.9 Å². The molecule has 0 bridgehead atoms. The summed E-state index contributed by atoms with van der Waals surface area (Å²) in [5, 5.41) is 0. The van der Waals surface area contributed by atoms with Crippen molar-refractivity contribution in [1.29, 1.82) is 0 Å². The van der Waals surface area contributed by atoms with Crippen molar-refractivity contribution >= 4 is 15.9 Å². The molecule has 0 spiro atoms. The van der Waals surface area contributed by atoms with Crippen LogP contribution in [0.25, 0.3) is 0 Å². The molecule has 1 nitrogen and oxygen atoms in total. The maximum atomic E-state index is 5.56. The van der Waals surface area contributed by atoms with E-state index < -0.39 is 0 Å². The van der Waals surface area contributed by atoms with E-state index in [0.29, 0.717) is 10.7 Å². The number of hydrogen-bond donors (Lipinski definition) is 0. The quantitative estimate of drug-likeness (QED) is 0.765. The first kappa shape index (κ1) is 13.1. The molecule has 2 atom stereocenters. The van der Waals surface area contributed by atoms with Crippen LogP contribution in [-0.4, -0.2) is 18.0 Å². The second-order valence-electron chi connectivity index (χ2n) is 5.13. The summed E-state index contributed by atoms with van der Waals surface area (Å²) in [5.41, 5.74) is 4.22. The average Bonchev–Trinajstić information content (AvgIpc) is 2.35. The van der Waals surface area contributed by atoms with Gasteiger partial charge in [0.2, 0.25) is 0 Å². The highest BCUT2D eigenvalue weighted by Gasteiger charge is 2.22. The lowest BCUT2D eigenvalue weighted by atomic mass is 9.92. The van der Waals surface area contributed by atoms with Gasteiger partial charge in [0.15, 0.2) is 0 Å². The fourth-order valence-electron chi connectivity index (χ4n) is 2.45. The maximum Gasteiger partial charge on any atom is 0.0505 e. The van der Waals surface area contributed by atoms with E-state index >= 15 is 0 Å². The third kappa shape index (κ3) is 3.56. The number of halogens is 1. The van der Waals surface area contributed by atoms with Gasteiger partial charge in [-0.1, -0.05) is 39.7 Å². The molecule has 1 saturated heterocycles. The van der Waals surface area contributed by atoms with E-state index in [-0.39, 0.29) is 0 Å². The van der Waals surface area contributed by atoms with E-state index in [1.165, 1.54) is 29.5 Å². The minimum atomic E-state index is 0.545. The van der Waals surface area contributed by atoms with Gasteiger partial charge in [-0.05, 0) is 50.2 Å². The molecule has 1 aliphatic heterocycles. The van der Waals surface area contributed by atoms with Crippen molar-refractivity contribution in [2.75, 3.05) is 13.2 Å². The van der Waals surface area contributed by atoms with Gasteiger partial charge in [0.05, 0.1) is 6.61 Å². The lowest BCUT2D eigenvalue weighted by Crippen LogP contribution is -2.26. The molecule has 94 valence electrons.